The predicted molar refractivity (Wildman–Crippen MR) is 94.7 cm³/mol. The van der Waals surface area contributed by atoms with E-state index in [4.69, 9.17) is 0 Å². The van der Waals surface area contributed by atoms with Crippen molar-refractivity contribution in [3.05, 3.63) is 59.2 Å². The summed E-state index contributed by atoms with van der Waals surface area (Å²) < 4.78 is 0. The average Bonchev–Trinajstić information content (AvgIpc) is 2.91. The summed E-state index contributed by atoms with van der Waals surface area (Å²) in [6.07, 6.45) is 0. The van der Waals surface area contributed by atoms with Crippen LogP contribution in [0, 0.1) is 13.8 Å². The van der Waals surface area contributed by atoms with Crippen LogP contribution in [0.15, 0.2) is 47.6 Å². The fourth-order valence-corrected chi connectivity index (χ4v) is 3.51. The Bertz CT molecular complexity index is 1010. The van der Waals surface area contributed by atoms with Crippen LogP contribution in [0.2, 0.25) is 0 Å². The van der Waals surface area contributed by atoms with E-state index in [1.165, 1.54) is 16.7 Å². The summed E-state index contributed by atoms with van der Waals surface area (Å²) >= 11 is 1.61. The molecule has 0 aliphatic rings. The summed E-state index contributed by atoms with van der Waals surface area (Å²) in [5.74, 6) is 0.846. The molecule has 0 spiro atoms. The highest BCUT2D eigenvalue weighted by molar-refractivity contribution is 7.98. The molecule has 4 rings (SSSR count). The van der Waals surface area contributed by atoms with Gasteiger partial charge in [-0.1, -0.05) is 47.7 Å². The molecule has 0 saturated carbocycles. The largest absolute Gasteiger partial charge is 0.338 e. The van der Waals surface area contributed by atoms with Crippen molar-refractivity contribution in [3.63, 3.8) is 0 Å². The molecule has 4 nitrogen and oxygen atoms in total. The highest BCUT2D eigenvalue weighted by atomic mass is 32.2. The number of nitrogens with one attached hydrogen (secondary N) is 1. The Morgan fingerprint density at radius 2 is 1.91 bits per heavy atom. The van der Waals surface area contributed by atoms with E-state index in [1.807, 2.05) is 0 Å². The molecule has 2 aromatic carbocycles. The number of thioether (sulfide) groups is 1. The van der Waals surface area contributed by atoms with Gasteiger partial charge in [0.2, 0.25) is 5.16 Å². The molecular formula is C18H16N4S. The Labute approximate surface area is 138 Å². The van der Waals surface area contributed by atoms with Crippen LogP contribution in [0.25, 0.3) is 22.1 Å². The lowest BCUT2D eigenvalue weighted by Gasteiger charge is -2.03. The molecule has 0 amide bonds. The number of H-pyrrole nitrogens is 1. The number of hydrogen-bond acceptors (Lipinski definition) is 4. The third kappa shape index (κ3) is 2.68. The standard InChI is InChI=1S/C18H16N4S/c1-11-7-8-15-14(9-11)16-17(19-15)20-18(22-21-16)23-10-13-6-4-3-5-12(13)2/h3-9H,10H2,1-2H3,(H,19,20,22). The lowest BCUT2D eigenvalue weighted by molar-refractivity contribution is 0.878. The van der Waals surface area contributed by atoms with Gasteiger partial charge in [-0.2, -0.15) is 0 Å². The van der Waals surface area contributed by atoms with Gasteiger partial charge in [0, 0.05) is 16.7 Å². The van der Waals surface area contributed by atoms with Gasteiger partial charge in [0.05, 0.1) is 0 Å². The maximum atomic E-state index is 4.62. The van der Waals surface area contributed by atoms with Gasteiger partial charge in [0.15, 0.2) is 5.65 Å². The number of fused-ring (bicyclic) bond motifs is 3. The minimum atomic E-state index is 0.698. The number of benzene rings is 2. The Morgan fingerprint density at radius 1 is 1.04 bits per heavy atom. The van der Waals surface area contributed by atoms with Crippen molar-refractivity contribution in [1.82, 2.24) is 20.2 Å². The molecule has 0 saturated heterocycles. The molecule has 0 radical (unpaired) electrons. The van der Waals surface area contributed by atoms with Crippen LogP contribution in [0.1, 0.15) is 16.7 Å². The minimum Gasteiger partial charge on any atom is -0.338 e. The molecule has 0 bridgehead atoms. The maximum absolute atomic E-state index is 4.62. The minimum absolute atomic E-state index is 0.698. The Morgan fingerprint density at radius 3 is 2.78 bits per heavy atom. The molecule has 0 unspecified atom stereocenters. The number of hydrogen-bond donors (Lipinski definition) is 1. The molecule has 0 atom stereocenters. The molecule has 23 heavy (non-hydrogen) atoms. The summed E-state index contributed by atoms with van der Waals surface area (Å²) in [4.78, 5) is 7.95. The Balaban J connectivity index is 1.66. The quantitative estimate of drug-likeness (QED) is 0.568. The first-order valence-electron chi connectivity index (χ1n) is 7.51. The van der Waals surface area contributed by atoms with Gasteiger partial charge in [-0.25, -0.2) is 4.98 Å². The number of aromatic amines is 1. The number of aryl methyl sites for hydroxylation is 2. The number of nitrogens with zero attached hydrogens (tertiary/aromatic N) is 3. The lowest BCUT2D eigenvalue weighted by Crippen LogP contribution is -1.93. The van der Waals surface area contributed by atoms with Gasteiger partial charge in [0.1, 0.15) is 5.52 Å². The van der Waals surface area contributed by atoms with Crippen molar-refractivity contribution in [1.29, 1.82) is 0 Å². The molecule has 1 N–H and O–H groups in total. The molecule has 4 aromatic rings. The molecule has 0 aliphatic heterocycles. The van der Waals surface area contributed by atoms with Crippen molar-refractivity contribution < 1.29 is 0 Å². The first-order chi connectivity index (χ1) is 11.2. The van der Waals surface area contributed by atoms with Crippen molar-refractivity contribution in [2.75, 3.05) is 0 Å². The second-order valence-electron chi connectivity index (χ2n) is 5.68. The Kier molecular flexibility index (Phi) is 3.50. The molecule has 0 aliphatic carbocycles. The molecule has 5 heteroatoms. The van der Waals surface area contributed by atoms with Gasteiger partial charge in [-0.05, 0) is 37.1 Å². The smallest absolute Gasteiger partial charge is 0.211 e. The summed E-state index contributed by atoms with van der Waals surface area (Å²) in [5.41, 5.74) is 6.48. The third-order valence-corrected chi connectivity index (χ3v) is 4.86. The van der Waals surface area contributed by atoms with Gasteiger partial charge >= 0.3 is 0 Å². The summed E-state index contributed by atoms with van der Waals surface area (Å²) in [6.45, 7) is 4.20. The third-order valence-electron chi connectivity index (χ3n) is 3.97. The van der Waals surface area contributed by atoms with Crippen LogP contribution in [-0.4, -0.2) is 20.2 Å². The van der Waals surface area contributed by atoms with Crippen molar-refractivity contribution >= 4 is 33.8 Å². The fourth-order valence-electron chi connectivity index (χ4n) is 2.65. The molecule has 2 aromatic heterocycles. The van der Waals surface area contributed by atoms with E-state index >= 15 is 0 Å². The first-order valence-corrected chi connectivity index (χ1v) is 8.49. The zero-order valence-corrected chi connectivity index (χ0v) is 13.8. The van der Waals surface area contributed by atoms with Crippen LogP contribution >= 0.6 is 11.8 Å². The van der Waals surface area contributed by atoms with Crippen LogP contribution in [0.5, 0.6) is 0 Å². The summed E-state index contributed by atoms with van der Waals surface area (Å²) in [6, 6.07) is 14.6. The van der Waals surface area contributed by atoms with E-state index in [2.05, 4.69) is 76.5 Å². The van der Waals surface area contributed by atoms with Gasteiger partial charge < -0.3 is 4.98 Å². The van der Waals surface area contributed by atoms with Crippen molar-refractivity contribution in [2.24, 2.45) is 0 Å². The van der Waals surface area contributed by atoms with E-state index in [0.29, 0.717) is 5.16 Å². The highest BCUT2D eigenvalue weighted by Gasteiger charge is 2.10. The van der Waals surface area contributed by atoms with E-state index in [9.17, 15) is 0 Å². The van der Waals surface area contributed by atoms with Crippen LogP contribution in [0.3, 0.4) is 0 Å². The monoisotopic (exact) mass is 320 g/mol. The fraction of sp³-hybridized carbons (Fsp3) is 0.167. The number of aromatic nitrogens is 4. The van der Waals surface area contributed by atoms with Crippen LogP contribution < -0.4 is 0 Å². The van der Waals surface area contributed by atoms with Crippen molar-refractivity contribution in [3.8, 4) is 0 Å². The summed E-state index contributed by atoms with van der Waals surface area (Å²) in [7, 11) is 0. The highest BCUT2D eigenvalue weighted by Crippen LogP contribution is 2.26. The van der Waals surface area contributed by atoms with Crippen molar-refractivity contribution in [2.45, 2.75) is 24.8 Å². The zero-order valence-electron chi connectivity index (χ0n) is 13.0. The SMILES string of the molecule is Cc1ccc2[nH]c3nc(SCc4ccccc4C)nnc3c2c1. The topological polar surface area (TPSA) is 54.5 Å². The van der Waals surface area contributed by atoms with Crippen LogP contribution in [-0.2, 0) is 5.75 Å². The maximum Gasteiger partial charge on any atom is 0.211 e. The van der Waals surface area contributed by atoms with Gasteiger partial charge in [0.25, 0.3) is 0 Å². The van der Waals surface area contributed by atoms with E-state index < -0.39 is 0 Å². The molecule has 2 heterocycles. The van der Waals surface area contributed by atoms with E-state index in [1.54, 1.807) is 11.8 Å². The van der Waals surface area contributed by atoms with Gasteiger partial charge in [-0.15, -0.1) is 10.2 Å². The Hall–Kier alpha value is -2.40. The van der Waals surface area contributed by atoms with E-state index in [0.717, 1.165) is 27.8 Å². The van der Waals surface area contributed by atoms with E-state index in [-0.39, 0.29) is 0 Å². The zero-order chi connectivity index (χ0) is 15.8. The number of rotatable bonds is 3. The average molecular weight is 320 g/mol. The second kappa shape index (κ2) is 5.66. The molecule has 114 valence electrons. The lowest BCUT2D eigenvalue weighted by atomic mass is 10.1. The van der Waals surface area contributed by atoms with Gasteiger partial charge in [-0.3, -0.25) is 0 Å². The molecular weight excluding hydrogens is 304 g/mol. The molecule has 0 fully saturated rings. The summed E-state index contributed by atoms with van der Waals surface area (Å²) in [5, 5.41) is 10.4. The normalized spacial score (nSPS) is 11.4. The predicted octanol–water partition coefficient (Wildman–Crippen LogP) is 4.42. The second-order valence-corrected chi connectivity index (χ2v) is 6.62. The first kappa shape index (κ1) is 14.2. The van der Waals surface area contributed by atoms with Crippen LogP contribution in [0.4, 0.5) is 0 Å².